The van der Waals surface area contributed by atoms with Gasteiger partial charge in [0.15, 0.2) is 16.1 Å². The summed E-state index contributed by atoms with van der Waals surface area (Å²) in [5.41, 5.74) is 0.420. The van der Waals surface area contributed by atoms with Crippen molar-refractivity contribution in [2.45, 2.75) is 18.2 Å². The lowest BCUT2D eigenvalue weighted by molar-refractivity contribution is 0.112. The van der Waals surface area contributed by atoms with Gasteiger partial charge in [-0.1, -0.05) is 6.92 Å². The van der Waals surface area contributed by atoms with Crippen LogP contribution in [-0.2, 0) is 9.84 Å². The molecule has 4 nitrogen and oxygen atoms in total. The summed E-state index contributed by atoms with van der Waals surface area (Å²) in [5, 5.41) is 4.27. The van der Waals surface area contributed by atoms with Crippen molar-refractivity contribution in [1.29, 1.82) is 0 Å². The molecular weight excluding hydrogens is 234 g/mol. The van der Waals surface area contributed by atoms with Crippen molar-refractivity contribution in [2.75, 3.05) is 18.1 Å². The van der Waals surface area contributed by atoms with Crippen LogP contribution in [0.1, 0.15) is 23.0 Å². The molecule has 84 valence electrons. The molecule has 1 aromatic heterocycles. The van der Waals surface area contributed by atoms with Crippen molar-refractivity contribution in [3.63, 3.8) is 0 Å². The molecule has 0 radical (unpaired) electrons. The quantitative estimate of drug-likeness (QED) is 0.806. The lowest BCUT2D eigenvalue weighted by Gasteiger charge is -2.04. The van der Waals surface area contributed by atoms with Crippen LogP contribution in [0.5, 0.6) is 0 Å². The lowest BCUT2D eigenvalue weighted by Crippen LogP contribution is -2.07. The highest BCUT2D eigenvalue weighted by Gasteiger charge is 2.21. The summed E-state index contributed by atoms with van der Waals surface area (Å²) >= 11 is 1.14. The molecule has 0 fully saturated rings. The second kappa shape index (κ2) is 4.76. The van der Waals surface area contributed by atoms with E-state index < -0.39 is 9.84 Å². The van der Waals surface area contributed by atoms with Crippen LogP contribution in [0.3, 0.4) is 0 Å². The van der Waals surface area contributed by atoms with Crippen molar-refractivity contribution in [2.24, 2.45) is 0 Å². The van der Waals surface area contributed by atoms with Crippen LogP contribution in [-0.4, -0.2) is 27.5 Å². The monoisotopic (exact) mass is 247 g/mol. The molecule has 0 amide bonds. The van der Waals surface area contributed by atoms with Crippen molar-refractivity contribution in [1.82, 2.24) is 0 Å². The number of carbonyl (C=O) groups is 1. The third-order valence-electron chi connectivity index (χ3n) is 1.95. The predicted molar refractivity (Wildman–Crippen MR) is 61.6 cm³/mol. The van der Waals surface area contributed by atoms with E-state index in [-0.39, 0.29) is 10.6 Å². The molecule has 0 aromatic carbocycles. The predicted octanol–water partition coefficient (Wildman–Crippen LogP) is 1.79. The highest BCUT2D eigenvalue weighted by atomic mass is 32.2. The maximum Gasteiger partial charge on any atom is 0.181 e. The van der Waals surface area contributed by atoms with Crippen LogP contribution in [0.4, 0.5) is 5.69 Å². The Hall–Kier alpha value is -0.880. The van der Waals surface area contributed by atoms with E-state index in [2.05, 4.69) is 5.32 Å². The summed E-state index contributed by atoms with van der Waals surface area (Å²) in [6, 6.07) is 0. The topological polar surface area (TPSA) is 63.2 Å². The first-order valence-electron chi connectivity index (χ1n) is 4.54. The maximum atomic E-state index is 11.8. The fourth-order valence-electron chi connectivity index (χ4n) is 1.30. The van der Waals surface area contributed by atoms with Crippen LogP contribution in [0.2, 0.25) is 0 Å². The average Bonchev–Trinajstić information content (AvgIpc) is 2.60. The van der Waals surface area contributed by atoms with Crippen LogP contribution in [0.25, 0.3) is 0 Å². The largest absolute Gasteiger partial charge is 0.386 e. The Labute approximate surface area is 93.2 Å². The summed E-state index contributed by atoms with van der Waals surface area (Å²) < 4.78 is 23.6. The second-order valence-electron chi connectivity index (χ2n) is 3.03. The van der Waals surface area contributed by atoms with Gasteiger partial charge in [0.05, 0.1) is 16.3 Å². The van der Waals surface area contributed by atoms with Gasteiger partial charge in [-0.15, -0.1) is 11.3 Å². The van der Waals surface area contributed by atoms with Crippen molar-refractivity contribution >= 4 is 33.1 Å². The number of aldehydes is 1. The Morgan fingerprint density at radius 2 is 2.20 bits per heavy atom. The third kappa shape index (κ3) is 2.38. The summed E-state index contributed by atoms with van der Waals surface area (Å²) in [7, 11) is -1.64. The molecule has 0 saturated heterocycles. The number of hydrogen-bond acceptors (Lipinski definition) is 5. The minimum atomic E-state index is -3.25. The van der Waals surface area contributed by atoms with Gasteiger partial charge in [-0.25, -0.2) is 8.42 Å². The van der Waals surface area contributed by atoms with Gasteiger partial charge in [0.1, 0.15) is 4.90 Å². The minimum absolute atomic E-state index is 0.108. The van der Waals surface area contributed by atoms with Crippen LogP contribution < -0.4 is 5.32 Å². The van der Waals surface area contributed by atoms with E-state index in [4.69, 9.17) is 0 Å². The van der Waals surface area contributed by atoms with Crippen LogP contribution in [0.15, 0.2) is 10.3 Å². The molecule has 0 unspecified atom stereocenters. The van der Waals surface area contributed by atoms with Crippen molar-refractivity contribution < 1.29 is 13.2 Å². The van der Waals surface area contributed by atoms with Gasteiger partial charge in [-0.3, -0.25) is 4.79 Å². The molecule has 1 rings (SSSR count). The first-order valence-corrected chi connectivity index (χ1v) is 7.07. The Morgan fingerprint density at radius 1 is 1.53 bits per heavy atom. The van der Waals surface area contributed by atoms with Crippen LogP contribution >= 0.6 is 11.3 Å². The maximum absolute atomic E-state index is 11.8. The zero-order valence-corrected chi connectivity index (χ0v) is 10.2. The number of anilines is 1. The Balaban J connectivity index is 3.26. The molecule has 15 heavy (non-hydrogen) atoms. The smallest absolute Gasteiger partial charge is 0.181 e. The summed E-state index contributed by atoms with van der Waals surface area (Å²) in [4.78, 5) is 11.3. The molecule has 0 spiro atoms. The lowest BCUT2D eigenvalue weighted by atomic mass is 10.4. The van der Waals surface area contributed by atoms with E-state index in [0.29, 0.717) is 23.3 Å². The zero-order chi connectivity index (χ0) is 11.5. The number of thiophene rings is 1. The molecule has 0 saturated carbocycles. The van der Waals surface area contributed by atoms with E-state index in [1.165, 1.54) is 5.38 Å². The number of nitrogens with one attached hydrogen (secondary N) is 1. The molecule has 0 aliphatic heterocycles. The van der Waals surface area contributed by atoms with Gasteiger partial charge in [-0.05, 0) is 6.42 Å². The first kappa shape index (κ1) is 12.2. The standard InChI is InChI=1S/C9H13NO3S2/c1-3-4-15(12,13)8-6-14-7(5-11)9(8)10-2/h5-6,10H,3-4H2,1-2H3. The van der Waals surface area contributed by atoms with Gasteiger partial charge in [0, 0.05) is 12.4 Å². The van der Waals surface area contributed by atoms with Crippen LogP contribution in [0, 0.1) is 0 Å². The minimum Gasteiger partial charge on any atom is -0.386 e. The summed E-state index contributed by atoms with van der Waals surface area (Å²) in [6.45, 7) is 1.81. The van der Waals surface area contributed by atoms with Crippen molar-refractivity contribution in [3.05, 3.63) is 10.3 Å². The van der Waals surface area contributed by atoms with E-state index in [1.54, 1.807) is 7.05 Å². The molecule has 1 heterocycles. The molecular formula is C9H13NO3S2. The Morgan fingerprint density at radius 3 is 2.67 bits per heavy atom. The van der Waals surface area contributed by atoms with Gasteiger partial charge in [0.2, 0.25) is 0 Å². The Kier molecular flexibility index (Phi) is 3.87. The van der Waals surface area contributed by atoms with Crippen molar-refractivity contribution in [3.8, 4) is 0 Å². The number of sulfone groups is 1. The molecule has 6 heteroatoms. The fourth-order valence-corrected chi connectivity index (χ4v) is 4.11. The molecule has 0 aliphatic rings. The molecule has 1 aromatic rings. The molecule has 0 aliphatic carbocycles. The molecule has 0 atom stereocenters. The Bertz CT molecular complexity index is 448. The van der Waals surface area contributed by atoms with Gasteiger partial charge in [-0.2, -0.15) is 0 Å². The first-order chi connectivity index (χ1) is 7.06. The summed E-state index contributed by atoms with van der Waals surface area (Å²) in [5.74, 6) is 0.108. The normalized spacial score (nSPS) is 11.3. The fraction of sp³-hybridized carbons (Fsp3) is 0.444. The van der Waals surface area contributed by atoms with Gasteiger partial charge < -0.3 is 5.32 Å². The SMILES string of the molecule is CCCS(=O)(=O)c1csc(C=O)c1NC. The number of rotatable bonds is 5. The van der Waals surface area contributed by atoms with E-state index >= 15 is 0 Å². The average molecular weight is 247 g/mol. The molecule has 1 N–H and O–H groups in total. The van der Waals surface area contributed by atoms with Gasteiger partial charge in [0.25, 0.3) is 0 Å². The summed E-state index contributed by atoms with van der Waals surface area (Å²) in [6.07, 6.45) is 1.24. The van der Waals surface area contributed by atoms with E-state index in [1.807, 2.05) is 6.92 Å². The van der Waals surface area contributed by atoms with E-state index in [9.17, 15) is 13.2 Å². The highest BCUT2D eigenvalue weighted by molar-refractivity contribution is 7.91. The van der Waals surface area contributed by atoms with Gasteiger partial charge >= 0.3 is 0 Å². The zero-order valence-electron chi connectivity index (χ0n) is 8.61. The highest BCUT2D eigenvalue weighted by Crippen LogP contribution is 2.31. The number of hydrogen-bond donors (Lipinski definition) is 1. The van der Waals surface area contributed by atoms with E-state index in [0.717, 1.165) is 11.3 Å². The second-order valence-corrected chi connectivity index (χ2v) is 6.01. The number of carbonyl (C=O) groups excluding carboxylic acids is 1. The third-order valence-corrected chi connectivity index (χ3v) is 4.95. The molecule has 0 bridgehead atoms.